The Labute approximate surface area is 198 Å². The Bertz CT molecular complexity index is 1110. The quantitative estimate of drug-likeness (QED) is 0.372. The summed E-state index contributed by atoms with van der Waals surface area (Å²) in [5, 5.41) is 16.1. The topological polar surface area (TPSA) is 104 Å². The first-order valence-corrected chi connectivity index (χ1v) is 11.4. The molecule has 1 aliphatic heterocycles. The van der Waals surface area contributed by atoms with Gasteiger partial charge in [-0.1, -0.05) is 36.4 Å². The summed E-state index contributed by atoms with van der Waals surface area (Å²) in [6, 6.07) is 20.4. The van der Waals surface area contributed by atoms with E-state index in [9.17, 15) is 14.7 Å². The molecule has 3 N–H and O–H groups in total. The first-order chi connectivity index (χ1) is 16.6. The molecule has 3 aromatic rings. The number of unbranched alkanes of at least 4 members (excludes halogenated alkanes) is 1. The van der Waals surface area contributed by atoms with Crippen LogP contribution in [0.5, 0.6) is 5.75 Å². The Morgan fingerprint density at radius 2 is 1.88 bits per heavy atom. The number of hydrogen-bond acceptors (Lipinski definition) is 6. The number of aromatic nitrogens is 1. The van der Waals surface area contributed by atoms with Crippen LogP contribution in [0.25, 0.3) is 0 Å². The van der Waals surface area contributed by atoms with Crippen molar-refractivity contribution in [3.63, 3.8) is 0 Å². The van der Waals surface area contributed by atoms with Crippen LogP contribution in [0.15, 0.2) is 72.9 Å². The summed E-state index contributed by atoms with van der Waals surface area (Å²) in [6.45, 7) is 1.60. The Hall–Kier alpha value is -4.07. The van der Waals surface area contributed by atoms with E-state index in [0.29, 0.717) is 12.3 Å². The number of nitrogens with one attached hydrogen (secondary N) is 2. The fourth-order valence-corrected chi connectivity index (χ4v) is 3.89. The van der Waals surface area contributed by atoms with Crippen molar-refractivity contribution in [2.24, 2.45) is 0 Å². The number of rotatable bonds is 11. The number of hydrogen-bond donors (Lipinski definition) is 3. The molecule has 0 saturated heterocycles. The molecule has 1 atom stereocenters. The van der Waals surface area contributed by atoms with E-state index >= 15 is 0 Å². The van der Waals surface area contributed by atoms with Gasteiger partial charge in [0.1, 0.15) is 11.6 Å². The van der Waals surface area contributed by atoms with Gasteiger partial charge < -0.3 is 25.4 Å². The maximum Gasteiger partial charge on any atom is 0.312 e. The van der Waals surface area contributed by atoms with Gasteiger partial charge >= 0.3 is 5.97 Å². The fraction of sp³-hybridized carbons (Fsp3) is 0.269. The highest BCUT2D eigenvalue weighted by Gasteiger charge is 2.26. The average molecular weight is 461 g/mol. The first-order valence-electron chi connectivity index (χ1n) is 11.4. The molecule has 4 rings (SSSR count). The molecule has 176 valence electrons. The lowest BCUT2D eigenvalue weighted by Gasteiger charge is -2.30. The van der Waals surface area contributed by atoms with Crippen molar-refractivity contribution in [3.8, 4) is 5.75 Å². The van der Waals surface area contributed by atoms with E-state index in [4.69, 9.17) is 4.74 Å². The molecule has 1 unspecified atom stereocenters. The van der Waals surface area contributed by atoms with Crippen molar-refractivity contribution in [2.75, 3.05) is 41.8 Å². The van der Waals surface area contributed by atoms with Gasteiger partial charge in [-0.3, -0.25) is 9.59 Å². The molecule has 0 saturated carbocycles. The molecule has 1 amide bonds. The number of carbonyl (C=O) groups excluding carboxylic acids is 1. The van der Waals surface area contributed by atoms with Gasteiger partial charge in [0.25, 0.3) is 5.91 Å². The summed E-state index contributed by atoms with van der Waals surface area (Å²) in [5.41, 5.74) is 2.22. The van der Waals surface area contributed by atoms with E-state index in [-0.39, 0.29) is 19.1 Å². The number of benzene rings is 2. The predicted octanol–water partition coefficient (Wildman–Crippen LogP) is 3.98. The summed E-state index contributed by atoms with van der Waals surface area (Å²) in [4.78, 5) is 30.2. The highest BCUT2D eigenvalue weighted by molar-refractivity contribution is 5.98. The smallest absolute Gasteiger partial charge is 0.312 e. The number of anilines is 3. The van der Waals surface area contributed by atoms with Crippen molar-refractivity contribution in [3.05, 3.63) is 78.5 Å². The van der Waals surface area contributed by atoms with Gasteiger partial charge in [-0.05, 0) is 42.7 Å². The molecule has 1 aliphatic rings. The number of pyridine rings is 1. The standard InChI is InChI=1S/C26H28N4O4/c31-25-18-34-23-16-20(29-17-21(26(32)33)19-8-2-1-3-9-19)11-12-22(23)30(25)15-7-6-14-28-24-10-4-5-13-27-24/h1-5,8-13,16,21,29H,6-7,14-15,17-18H2,(H,27,28)(H,32,33). The lowest BCUT2D eigenvalue weighted by molar-refractivity contribution is -0.138. The minimum absolute atomic E-state index is 0.00952. The maximum absolute atomic E-state index is 12.5. The largest absolute Gasteiger partial charge is 0.481 e. The van der Waals surface area contributed by atoms with E-state index in [0.717, 1.165) is 42.1 Å². The second-order valence-electron chi connectivity index (χ2n) is 8.05. The van der Waals surface area contributed by atoms with E-state index in [1.807, 2.05) is 66.7 Å². The van der Waals surface area contributed by atoms with Gasteiger partial charge in [0, 0.05) is 37.6 Å². The number of nitrogens with zero attached hydrogens (tertiary/aromatic N) is 2. The molecule has 0 bridgehead atoms. The summed E-state index contributed by atoms with van der Waals surface area (Å²) in [5.74, 6) is -0.172. The van der Waals surface area contributed by atoms with Crippen LogP contribution < -0.4 is 20.3 Å². The number of carboxylic acid groups (broad SMARTS) is 1. The fourth-order valence-electron chi connectivity index (χ4n) is 3.89. The molecule has 34 heavy (non-hydrogen) atoms. The molecule has 0 aliphatic carbocycles. The normalized spacial score (nSPS) is 13.5. The zero-order chi connectivity index (χ0) is 23.8. The minimum Gasteiger partial charge on any atom is -0.481 e. The van der Waals surface area contributed by atoms with Crippen LogP contribution in [0.2, 0.25) is 0 Å². The van der Waals surface area contributed by atoms with E-state index in [1.165, 1.54) is 0 Å². The van der Waals surface area contributed by atoms with Crippen LogP contribution in [0.4, 0.5) is 17.2 Å². The van der Waals surface area contributed by atoms with Gasteiger partial charge in [0.2, 0.25) is 0 Å². The molecule has 1 aromatic heterocycles. The molecule has 0 radical (unpaired) electrons. The van der Waals surface area contributed by atoms with Crippen LogP contribution in [0.1, 0.15) is 24.3 Å². The number of fused-ring (bicyclic) bond motifs is 1. The molecule has 0 fully saturated rings. The molecular formula is C26H28N4O4. The van der Waals surface area contributed by atoms with Crippen LogP contribution in [0.3, 0.4) is 0 Å². The molecular weight excluding hydrogens is 432 g/mol. The third-order valence-corrected chi connectivity index (χ3v) is 5.69. The Balaban J connectivity index is 1.33. The Morgan fingerprint density at radius 3 is 2.65 bits per heavy atom. The highest BCUT2D eigenvalue weighted by atomic mass is 16.5. The van der Waals surface area contributed by atoms with Crippen molar-refractivity contribution in [2.45, 2.75) is 18.8 Å². The molecule has 2 aromatic carbocycles. The Morgan fingerprint density at radius 1 is 1.06 bits per heavy atom. The van der Waals surface area contributed by atoms with Crippen molar-refractivity contribution < 1.29 is 19.4 Å². The second-order valence-corrected chi connectivity index (χ2v) is 8.05. The number of ether oxygens (including phenoxy) is 1. The van der Waals surface area contributed by atoms with Crippen molar-refractivity contribution >= 4 is 29.1 Å². The van der Waals surface area contributed by atoms with Crippen LogP contribution in [-0.2, 0) is 9.59 Å². The van der Waals surface area contributed by atoms with Gasteiger partial charge in [-0.2, -0.15) is 0 Å². The minimum atomic E-state index is -0.887. The lowest BCUT2D eigenvalue weighted by atomic mass is 9.99. The summed E-state index contributed by atoms with van der Waals surface area (Å²) >= 11 is 0. The highest BCUT2D eigenvalue weighted by Crippen LogP contribution is 2.35. The third kappa shape index (κ3) is 5.83. The second kappa shape index (κ2) is 11.2. The van der Waals surface area contributed by atoms with Crippen LogP contribution in [0, 0.1) is 0 Å². The molecule has 0 spiro atoms. The summed E-state index contributed by atoms with van der Waals surface area (Å²) < 4.78 is 5.66. The third-order valence-electron chi connectivity index (χ3n) is 5.69. The van der Waals surface area contributed by atoms with Gasteiger partial charge in [-0.15, -0.1) is 0 Å². The van der Waals surface area contributed by atoms with Crippen molar-refractivity contribution in [1.82, 2.24) is 4.98 Å². The SMILES string of the molecule is O=C(O)C(CNc1ccc2c(c1)OCC(=O)N2CCCCNc1ccccn1)c1ccccc1. The number of aliphatic carboxylic acids is 1. The zero-order valence-corrected chi connectivity index (χ0v) is 18.8. The lowest BCUT2D eigenvalue weighted by Crippen LogP contribution is -2.39. The number of amides is 1. The van der Waals surface area contributed by atoms with Gasteiger partial charge in [0.15, 0.2) is 6.61 Å². The summed E-state index contributed by atoms with van der Waals surface area (Å²) in [6.07, 6.45) is 3.48. The molecule has 8 nitrogen and oxygen atoms in total. The van der Waals surface area contributed by atoms with Gasteiger partial charge in [0.05, 0.1) is 11.6 Å². The molecule has 2 heterocycles. The van der Waals surface area contributed by atoms with Crippen molar-refractivity contribution in [1.29, 1.82) is 0 Å². The monoisotopic (exact) mass is 460 g/mol. The van der Waals surface area contributed by atoms with E-state index < -0.39 is 11.9 Å². The molecule has 8 heteroatoms. The Kier molecular flexibility index (Phi) is 7.60. The average Bonchev–Trinajstić information content (AvgIpc) is 2.86. The summed E-state index contributed by atoms with van der Waals surface area (Å²) in [7, 11) is 0. The maximum atomic E-state index is 12.5. The van der Waals surface area contributed by atoms with E-state index in [1.54, 1.807) is 11.1 Å². The van der Waals surface area contributed by atoms with Crippen LogP contribution >= 0.6 is 0 Å². The van der Waals surface area contributed by atoms with Gasteiger partial charge in [-0.25, -0.2) is 4.98 Å². The number of carboxylic acids is 1. The van der Waals surface area contributed by atoms with Crippen LogP contribution in [-0.4, -0.2) is 48.2 Å². The van der Waals surface area contributed by atoms with E-state index in [2.05, 4.69) is 15.6 Å². The predicted molar refractivity (Wildman–Crippen MR) is 132 cm³/mol. The number of carbonyl (C=O) groups is 2. The zero-order valence-electron chi connectivity index (χ0n) is 18.8. The first kappa shape index (κ1) is 23.1.